The number of rotatable bonds is 6. The Balaban J connectivity index is 1.87. The number of hydrogen-bond acceptors (Lipinski definition) is 5. The van der Waals surface area contributed by atoms with E-state index in [1.54, 1.807) is 12.3 Å². The maximum absolute atomic E-state index is 12.8. The third-order valence-electron chi connectivity index (χ3n) is 5.05. The van der Waals surface area contributed by atoms with Crippen LogP contribution in [0.4, 0.5) is 5.69 Å². The zero-order valence-corrected chi connectivity index (χ0v) is 18.6. The molecule has 2 aromatic carbocycles. The van der Waals surface area contributed by atoms with E-state index in [0.29, 0.717) is 5.69 Å². The number of methoxy groups -OCH3 is 1. The fourth-order valence-electron chi connectivity index (χ4n) is 3.45. The minimum Gasteiger partial charge on any atom is -0.495 e. The lowest BCUT2D eigenvalue weighted by atomic mass is 9.93. The molecule has 2 amide bonds. The molecule has 1 atom stereocenters. The molecule has 0 aliphatic carbocycles. The van der Waals surface area contributed by atoms with Crippen molar-refractivity contribution in [2.75, 3.05) is 26.5 Å². The van der Waals surface area contributed by atoms with Crippen LogP contribution < -0.4 is 10.1 Å². The lowest BCUT2D eigenvalue weighted by molar-refractivity contribution is -0.129. The van der Waals surface area contributed by atoms with E-state index in [-0.39, 0.29) is 28.9 Å². The number of nitrogens with zero attached hydrogens (tertiary/aromatic N) is 2. The van der Waals surface area contributed by atoms with Gasteiger partial charge in [-0.2, -0.15) is 0 Å². The van der Waals surface area contributed by atoms with Crippen molar-refractivity contribution in [1.82, 2.24) is 9.21 Å². The summed E-state index contributed by atoms with van der Waals surface area (Å²) in [7, 11) is 0.454. The van der Waals surface area contributed by atoms with Crippen LogP contribution >= 0.6 is 0 Å². The Kier molecular flexibility index (Phi) is 6.47. The number of amides is 2. The van der Waals surface area contributed by atoms with E-state index in [2.05, 4.69) is 5.32 Å². The van der Waals surface area contributed by atoms with Crippen LogP contribution in [0.2, 0.25) is 0 Å². The summed E-state index contributed by atoms with van der Waals surface area (Å²) in [6.45, 7) is 1.45. The molecule has 9 heteroatoms. The molecule has 0 saturated carbocycles. The minimum absolute atomic E-state index is 0.0166. The lowest BCUT2D eigenvalue weighted by Crippen LogP contribution is -2.33. The van der Waals surface area contributed by atoms with E-state index in [9.17, 15) is 18.0 Å². The van der Waals surface area contributed by atoms with E-state index in [1.165, 1.54) is 45.2 Å². The van der Waals surface area contributed by atoms with Crippen LogP contribution in [0.3, 0.4) is 0 Å². The molecule has 0 fully saturated rings. The standard InChI is InChI=1S/C22H25N3O5S/c1-15(26)25-12-11-16-7-5-6-8-18(16)19(25)14-22(27)23-17-9-10-20(30-4)21(13-17)31(28,29)24(2)3/h5-13,19H,14H2,1-4H3,(H,23,27)/t19-/m1/s1. The lowest BCUT2D eigenvalue weighted by Gasteiger charge is -2.32. The Morgan fingerprint density at radius 3 is 2.52 bits per heavy atom. The van der Waals surface area contributed by atoms with Gasteiger partial charge in [0, 0.05) is 32.9 Å². The van der Waals surface area contributed by atoms with Crippen molar-refractivity contribution in [1.29, 1.82) is 0 Å². The molecule has 0 spiro atoms. The van der Waals surface area contributed by atoms with Crippen molar-refractivity contribution in [3.63, 3.8) is 0 Å². The number of nitrogens with one attached hydrogen (secondary N) is 1. The van der Waals surface area contributed by atoms with Gasteiger partial charge < -0.3 is 15.0 Å². The van der Waals surface area contributed by atoms with Crippen LogP contribution in [0.25, 0.3) is 6.08 Å². The first-order valence-electron chi connectivity index (χ1n) is 9.61. The average molecular weight is 444 g/mol. The largest absolute Gasteiger partial charge is 0.495 e. The number of hydrogen-bond donors (Lipinski definition) is 1. The van der Waals surface area contributed by atoms with Crippen molar-refractivity contribution in [3.8, 4) is 5.75 Å². The zero-order valence-electron chi connectivity index (χ0n) is 17.8. The predicted molar refractivity (Wildman–Crippen MR) is 118 cm³/mol. The maximum Gasteiger partial charge on any atom is 0.246 e. The third kappa shape index (κ3) is 4.62. The fourth-order valence-corrected chi connectivity index (χ4v) is 4.53. The van der Waals surface area contributed by atoms with E-state index >= 15 is 0 Å². The highest BCUT2D eigenvalue weighted by atomic mass is 32.2. The van der Waals surface area contributed by atoms with Crippen LogP contribution in [0.15, 0.2) is 53.6 Å². The number of sulfonamides is 1. The Morgan fingerprint density at radius 2 is 1.87 bits per heavy atom. The summed E-state index contributed by atoms with van der Waals surface area (Å²) in [5.41, 5.74) is 2.14. The molecule has 0 radical (unpaired) electrons. The average Bonchev–Trinajstić information content (AvgIpc) is 2.73. The SMILES string of the molecule is COc1ccc(NC(=O)C[C@@H]2c3ccccc3C=CN2C(C)=O)cc1S(=O)(=O)N(C)C. The Morgan fingerprint density at radius 1 is 1.16 bits per heavy atom. The first-order chi connectivity index (χ1) is 14.6. The van der Waals surface area contributed by atoms with Gasteiger partial charge in [-0.05, 0) is 35.4 Å². The van der Waals surface area contributed by atoms with Gasteiger partial charge in [0.2, 0.25) is 21.8 Å². The number of carbonyl (C=O) groups excluding carboxylic acids is 2. The molecule has 1 aliphatic heterocycles. The normalized spacial score (nSPS) is 15.5. The van der Waals surface area contributed by atoms with Crippen molar-refractivity contribution >= 4 is 33.6 Å². The van der Waals surface area contributed by atoms with E-state index in [1.807, 2.05) is 30.3 Å². The topological polar surface area (TPSA) is 96.0 Å². The molecule has 0 bridgehead atoms. The van der Waals surface area contributed by atoms with E-state index < -0.39 is 16.1 Å². The molecule has 0 aromatic heterocycles. The molecule has 0 saturated heterocycles. The molecule has 164 valence electrons. The van der Waals surface area contributed by atoms with Crippen LogP contribution in [0, 0.1) is 0 Å². The van der Waals surface area contributed by atoms with Gasteiger partial charge in [-0.15, -0.1) is 0 Å². The minimum atomic E-state index is -3.77. The van der Waals surface area contributed by atoms with Gasteiger partial charge in [0.05, 0.1) is 19.6 Å². The Bertz CT molecular complexity index is 1140. The molecular formula is C22H25N3O5S. The molecule has 0 unspecified atom stereocenters. The molecule has 1 aliphatic rings. The fraction of sp³-hybridized carbons (Fsp3) is 0.273. The van der Waals surface area contributed by atoms with Crippen molar-refractivity contribution in [2.45, 2.75) is 24.3 Å². The highest BCUT2D eigenvalue weighted by Crippen LogP contribution is 2.34. The molecule has 2 aromatic rings. The molecule has 1 heterocycles. The van der Waals surface area contributed by atoms with Gasteiger partial charge in [-0.3, -0.25) is 9.59 Å². The number of fused-ring (bicyclic) bond motifs is 1. The van der Waals surface area contributed by atoms with Gasteiger partial charge in [-0.25, -0.2) is 12.7 Å². The van der Waals surface area contributed by atoms with Gasteiger partial charge in [0.25, 0.3) is 0 Å². The molecule has 8 nitrogen and oxygen atoms in total. The van der Waals surface area contributed by atoms with Gasteiger partial charge in [0.1, 0.15) is 10.6 Å². The second-order valence-electron chi connectivity index (χ2n) is 7.29. The Hall–Kier alpha value is -3.17. The maximum atomic E-state index is 12.8. The summed E-state index contributed by atoms with van der Waals surface area (Å²) in [5, 5.41) is 2.74. The van der Waals surface area contributed by atoms with Gasteiger partial charge in [-0.1, -0.05) is 24.3 Å². The zero-order chi connectivity index (χ0) is 22.8. The van der Waals surface area contributed by atoms with Crippen LogP contribution in [-0.4, -0.2) is 50.6 Å². The van der Waals surface area contributed by atoms with E-state index in [0.717, 1.165) is 15.4 Å². The van der Waals surface area contributed by atoms with Crippen molar-refractivity contribution < 1.29 is 22.7 Å². The Labute approximate surface area is 182 Å². The highest BCUT2D eigenvalue weighted by Gasteiger charge is 2.28. The van der Waals surface area contributed by atoms with Crippen LogP contribution in [0.5, 0.6) is 5.75 Å². The second-order valence-corrected chi connectivity index (χ2v) is 9.41. The summed E-state index contributed by atoms with van der Waals surface area (Å²) in [6, 6.07) is 11.6. The molecule has 1 N–H and O–H groups in total. The van der Waals surface area contributed by atoms with Crippen LogP contribution in [-0.2, 0) is 19.6 Å². The number of anilines is 1. The summed E-state index contributed by atoms with van der Waals surface area (Å²) in [6.07, 6.45) is 3.54. The molecule has 31 heavy (non-hydrogen) atoms. The third-order valence-corrected chi connectivity index (χ3v) is 6.89. The predicted octanol–water partition coefficient (Wildman–Crippen LogP) is 2.85. The highest BCUT2D eigenvalue weighted by molar-refractivity contribution is 7.89. The molecular weight excluding hydrogens is 418 g/mol. The quantitative estimate of drug-likeness (QED) is 0.741. The first-order valence-corrected chi connectivity index (χ1v) is 11.1. The van der Waals surface area contributed by atoms with E-state index in [4.69, 9.17) is 4.74 Å². The second kappa shape index (κ2) is 8.91. The monoisotopic (exact) mass is 443 g/mol. The number of ether oxygens (including phenoxy) is 1. The first kappa shape index (κ1) is 22.5. The van der Waals surface area contributed by atoms with Crippen molar-refractivity contribution in [2.24, 2.45) is 0 Å². The van der Waals surface area contributed by atoms with Crippen LogP contribution in [0.1, 0.15) is 30.5 Å². The number of carbonyl (C=O) groups is 2. The van der Waals surface area contributed by atoms with Gasteiger partial charge in [0.15, 0.2) is 0 Å². The summed E-state index contributed by atoms with van der Waals surface area (Å²) in [5.74, 6) is -0.340. The van der Waals surface area contributed by atoms with Crippen molar-refractivity contribution in [3.05, 3.63) is 59.8 Å². The molecule has 3 rings (SSSR count). The summed E-state index contributed by atoms with van der Waals surface area (Å²) < 4.78 is 31.5. The van der Waals surface area contributed by atoms with Gasteiger partial charge >= 0.3 is 0 Å². The summed E-state index contributed by atoms with van der Waals surface area (Å²) in [4.78, 5) is 26.4. The smallest absolute Gasteiger partial charge is 0.246 e. The summed E-state index contributed by atoms with van der Waals surface area (Å²) >= 11 is 0. The number of benzene rings is 2.